The Kier molecular flexibility index (Phi) is 4.58. The third kappa shape index (κ3) is 2.60. The van der Waals surface area contributed by atoms with E-state index in [9.17, 15) is 9.90 Å². The normalized spacial score (nSPS) is 27.6. The van der Waals surface area contributed by atoms with Crippen LogP contribution in [0, 0.1) is 11.3 Å². The molecule has 0 amide bonds. The molecule has 1 N–H and O–H groups in total. The summed E-state index contributed by atoms with van der Waals surface area (Å²) in [5.74, 6) is -0.267. The average molecular weight is 346 g/mol. The number of hydrogen-bond donors (Lipinski definition) is 1. The first-order valence-corrected chi connectivity index (χ1v) is 8.56. The fourth-order valence-corrected chi connectivity index (χ4v) is 4.65. The van der Waals surface area contributed by atoms with Gasteiger partial charge in [-0.1, -0.05) is 42.8 Å². The van der Waals surface area contributed by atoms with Crippen LogP contribution in [0.1, 0.15) is 37.8 Å². The van der Waals surface area contributed by atoms with E-state index in [1.54, 1.807) is 0 Å². The first-order chi connectivity index (χ1) is 11.1. The van der Waals surface area contributed by atoms with Crippen molar-refractivity contribution in [1.82, 2.24) is 4.90 Å². The van der Waals surface area contributed by atoms with Crippen molar-refractivity contribution in [2.45, 2.75) is 32.2 Å². The van der Waals surface area contributed by atoms with E-state index in [-0.39, 0.29) is 18.4 Å². The number of fused-ring (bicyclic) bond motifs is 2. The summed E-state index contributed by atoms with van der Waals surface area (Å²) in [5.41, 5.74) is 0.787. The van der Waals surface area contributed by atoms with Gasteiger partial charge in [-0.2, -0.15) is 0 Å². The fraction of sp³-hybridized carbons (Fsp3) is 0.450. The highest BCUT2D eigenvalue weighted by Crippen LogP contribution is 2.50. The molecule has 2 aromatic rings. The van der Waals surface area contributed by atoms with Crippen molar-refractivity contribution in [2.24, 2.45) is 11.3 Å². The van der Waals surface area contributed by atoms with Crippen molar-refractivity contribution in [3.05, 3.63) is 48.0 Å². The van der Waals surface area contributed by atoms with Crippen molar-refractivity contribution in [2.75, 3.05) is 13.1 Å². The van der Waals surface area contributed by atoms with Crippen molar-refractivity contribution in [1.29, 1.82) is 0 Å². The lowest BCUT2D eigenvalue weighted by molar-refractivity contribution is -0.149. The molecule has 0 bridgehead atoms. The number of rotatable bonds is 3. The molecular formula is C20H24ClNO2. The molecule has 2 aliphatic rings. The Labute approximate surface area is 149 Å². The molecular weight excluding hydrogens is 322 g/mol. The number of carboxylic acid groups (broad SMARTS) is 1. The Morgan fingerprint density at radius 2 is 2.00 bits per heavy atom. The minimum atomic E-state index is -0.590. The molecule has 1 saturated carbocycles. The summed E-state index contributed by atoms with van der Waals surface area (Å²) < 4.78 is 0. The molecule has 4 heteroatoms. The van der Waals surface area contributed by atoms with Crippen LogP contribution in [0.25, 0.3) is 10.8 Å². The van der Waals surface area contributed by atoms with Crippen LogP contribution in [-0.2, 0) is 4.79 Å². The minimum Gasteiger partial charge on any atom is -0.481 e. The van der Waals surface area contributed by atoms with Gasteiger partial charge in [0.1, 0.15) is 0 Å². The summed E-state index contributed by atoms with van der Waals surface area (Å²) in [7, 11) is 0. The Hall–Kier alpha value is -1.58. The van der Waals surface area contributed by atoms with Crippen LogP contribution in [0.15, 0.2) is 42.5 Å². The molecule has 1 saturated heterocycles. The van der Waals surface area contributed by atoms with Gasteiger partial charge in [-0.25, -0.2) is 0 Å². The largest absolute Gasteiger partial charge is 0.481 e. The van der Waals surface area contributed by atoms with Crippen LogP contribution in [0.2, 0.25) is 0 Å². The number of aliphatic carboxylic acids is 1. The summed E-state index contributed by atoms with van der Waals surface area (Å²) in [4.78, 5) is 14.2. The Morgan fingerprint density at radius 1 is 1.25 bits per heavy atom. The van der Waals surface area contributed by atoms with Gasteiger partial charge in [-0.05, 0) is 48.1 Å². The van der Waals surface area contributed by atoms with Gasteiger partial charge in [-0.15, -0.1) is 12.4 Å². The predicted octanol–water partition coefficient (Wildman–Crippen LogP) is 4.51. The van der Waals surface area contributed by atoms with Crippen molar-refractivity contribution < 1.29 is 9.90 Å². The van der Waals surface area contributed by atoms with Crippen molar-refractivity contribution in [3.8, 4) is 0 Å². The maximum atomic E-state index is 11.9. The highest BCUT2D eigenvalue weighted by atomic mass is 35.5. The van der Waals surface area contributed by atoms with E-state index in [4.69, 9.17) is 0 Å². The number of nitrogens with zero attached hydrogens (tertiary/aromatic N) is 1. The summed E-state index contributed by atoms with van der Waals surface area (Å²) in [6.07, 6.45) is 2.97. The summed E-state index contributed by atoms with van der Waals surface area (Å²) in [6.45, 7) is 3.82. The summed E-state index contributed by atoms with van der Waals surface area (Å²) in [5, 5.41) is 12.3. The number of halogens is 1. The van der Waals surface area contributed by atoms with E-state index in [2.05, 4.69) is 54.3 Å². The van der Waals surface area contributed by atoms with Gasteiger partial charge in [-0.3, -0.25) is 9.69 Å². The average Bonchev–Trinajstić information content (AvgIpc) is 3.12. The summed E-state index contributed by atoms with van der Waals surface area (Å²) in [6, 6.07) is 15.3. The van der Waals surface area contributed by atoms with Crippen LogP contribution in [0.3, 0.4) is 0 Å². The van der Waals surface area contributed by atoms with Crippen molar-refractivity contribution >= 4 is 29.1 Å². The third-order valence-corrected chi connectivity index (χ3v) is 6.13. The SMILES string of the molecule is CC(c1ccc2ccccc2c1)N1C[C@@H]2CCC[C@@]2(C(=O)O)C1.Cl. The van der Waals surface area contributed by atoms with Crippen LogP contribution in [0.4, 0.5) is 0 Å². The molecule has 0 aromatic heterocycles. The highest BCUT2D eigenvalue weighted by molar-refractivity contribution is 5.85. The molecule has 1 unspecified atom stereocenters. The lowest BCUT2D eigenvalue weighted by atomic mass is 9.81. The molecule has 1 aliphatic carbocycles. The van der Waals surface area contributed by atoms with Gasteiger partial charge >= 0.3 is 5.97 Å². The molecule has 2 fully saturated rings. The van der Waals surface area contributed by atoms with Gasteiger partial charge < -0.3 is 5.11 Å². The van der Waals surface area contributed by atoms with Crippen molar-refractivity contribution in [3.63, 3.8) is 0 Å². The van der Waals surface area contributed by atoms with Crippen LogP contribution in [0.5, 0.6) is 0 Å². The zero-order chi connectivity index (χ0) is 16.0. The molecule has 2 aromatic carbocycles. The molecule has 0 spiro atoms. The standard InChI is InChI=1S/C20H23NO2.ClH/c1-14(16-9-8-15-5-2-3-6-17(15)11-16)21-12-18-7-4-10-20(18,13-21)19(22)23;/h2-3,5-6,8-9,11,14,18H,4,7,10,12-13H2,1H3,(H,22,23);1H/t14?,18-,20+;/m0./s1. The smallest absolute Gasteiger partial charge is 0.311 e. The second kappa shape index (κ2) is 6.38. The zero-order valence-electron chi connectivity index (χ0n) is 13.9. The Bertz CT molecular complexity index is 762. The van der Waals surface area contributed by atoms with Gasteiger partial charge in [0, 0.05) is 19.1 Å². The minimum absolute atomic E-state index is 0. The molecule has 0 radical (unpaired) electrons. The third-order valence-electron chi connectivity index (χ3n) is 6.13. The fourth-order valence-electron chi connectivity index (χ4n) is 4.65. The van der Waals surface area contributed by atoms with E-state index in [1.807, 2.05) is 0 Å². The second-order valence-electron chi connectivity index (χ2n) is 7.26. The Morgan fingerprint density at radius 3 is 2.71 bits per heavy atom. The van der Waals surface area contributed by atoms with Gasteiger partial charge in [0.05, 0.1) is 5.41 Å². The first kappa shape index (κ1) is 17.2. The van der Waals surface area contributed by atoms with Gasteiger partial charge in [0.25, 0.3) is 0 Å². The van der Waals surface area contributed by atoms with E-state index in [0.29, 0.717) is 12.5 Å². The van der Waals surface area contributed by atoms with E-state index in [0.717, 1.165) is 25.8 Å². The number of hydrogen-bond acceptors (Lipinski definition) is 2. The molecule has 3 atom stereocenters. The Balaban J connectivity index is 0.00000169. The lowest BCUT2D eigenvalue weighted by Gasteiger charge is -2.27. The predicted molar refractivity (Wildman–Crippen MR) is 98.6 cm³/mol. The van der Waals surface area contributed by atoms with Crippen LogP contribution >= 0.6 is 12.4 Å². The van der Waals surface area contributed by atoms with Gasteiger partial charge in [0.15, 0.2) is 0 Å². The molecule has 3 nitrogen and oxygen atoms in total. The summed E-state index contributed by atoms with van der Waals surface area (Å²) >= 11 is 0. The van der Waals surface area contributed by atoms with Crippen LogP contribution in [-0.4, -0.2) is 29.1 Å². The molecule has 128 valence electrons. The zero-order valence-corrected chi connectivity index (χ0v) is 14.8. The number of benzene rings is 2. The van der Waals surface area contributed by atoms with Crippen LogP contribution < -0.4 is 0 Å². The molecule has 1 aliphatic heterocycles. The molecule has 4 rings (SSSR count). The monoisotopic (exact) mass is 345 g/mol. The molecule has 24 heavy (non-hydrogen) atoms. The number of carbonyl (C=O) groups is 1. The highest BCUT2D eigenvalue weighted by Gasteiger charge is 2.55. The molecule has 1 heterocycles. The number of carboxylic acids is 1. The number of likely N-dealkylation sites (tertiary alicyclic amines) is 1. The maximum absolute atomic E-state index is 11.9. The van der Waals surface area contributed by atoms with E-state index < -0.39 is 11.4 Å². The quantitative estimate of drug-likeness (QED) is 0.889. The first-order valence-electron chi connectivity index (χ1n) is 8.56. The second-order valence-corrected chi connectivity index (χ2v) is 7.26. The van der Waals surface area contributed by atoms with Gasteiger partial charge in [0.2, 0.25) is 0 Å². The van der Waals surface area contributed by atoms with E-state index in [1.165, 1.54) is 16.3 Å². The maximum Gasteiger partial charge on any atom is 0.311 e. The topological polar surface area (TPSA) is 40.5 Å². The van der Waals surface area contributed by atoms with E-state index >= 15 is 0 Å². The lowest BCUT2D eigenvalue weighted by Crippen LogP contribution is -2.36.